The van der Waals surface area contributed by atoms with Crippen LogP contribution in [-0.2, 0) is 6.18 Å². The summed E-state index contributed by atoms with van der Waals surface area (Å²) in [6.45, 7) is 0.466. The molecule has 4 nitrogen and oxygen atoms in total. The molecule has 0 aliphatic rings. The summed E-state index contributed by atoms with van der Waals surface area (Å²) in [7, 11) is 0. The topological polar surface area (TPSA) is 63.8 Å². The Kier molecular flexibility index (Phi) is 6.76. The molecule has 3 aromatic rings. The molecular formula is C19H18ClF3N4. The van der Waals surface area contributed by atoms with Gasteiger partial charge >= 0.3 is 6.18 Å². The zero-order valence-corrected chi connectivity index (χ0v) is 15.0. The van der Waals surface area contributed by atoms with Crippen LogP contribution in [0.1, 0.15) is 17.2 Å². The molecule has 0 spiro atoms. The van der Waals surface area contributed by atoms with E-state index >= 15 is 0 Å². The van der Waals surface area contributed by atoms with E-state index in [1.54, 1.807) is 6.07 Å². The molecule has 0 fully saturated rings. The van der Waals surface area contributed by atoms with E-state index in [4.69, 9.17) is 5.73 Å². The van der Waals surface area contributed by atoms with Gasteiger partial charge in [0.25, 0.3) is 0 Å². The number of hydrogen-bond donors (Lipinski definition) is 2. The lowest BCUT2D eigenvalue weighted by Crippen LogP contribution is -2.20. The van der Waals surface area contributed by atoms with E-state index in [1.165, 1.54) is 18.5 Å². The molecule has 142 valence electrons. The second-order valence-corrected chi connectivity index (χ2v) is 5.76. The Morgan fingerprint density at radius 1 is 0.963 bits per heavy atom. The molecule has 3 N–H and O–H groups in total. The molecule has 0 unspecified atom stereocenters. The maximum Gasteiger partial charge on any atom is 0.416 e. The van der Waals surface area contributed by atoms with Gasteiger partial charge in [0.15, 0.2) is 0 Å². The fourth-order valence-electron chi connectivity index (χ4n) is 2.47. The zero-order valence-electron chi connectivity index (χ0n) is 14.1. The van der Waals surface area contributed by atoms with Gasteiger partial charge in [0, 0.05) is 24.2 Å². The molecule has 1 atom stereocenters. The van der Waals surface area contributed by atoms with Gasteiger partial charge in [0.05, 0.1) is 11.3 Å². The fraction of sp³-hybridized carbons (Fsp3) is 0.158. The fourth-order valence-corrected chi connectivity index (χ4v) is 2.47. The first-order valence-corrected chi connectivity index (χ1v) is 7.97. The van der Waals surface area contributed by atoms with E-state index in [0.717, 1.165) is 17.7 Å². The molecule has 1 aromatic heterocycles. The predicted molar refractivity (Wildman–Crippen MR) is 102 cm³/mol. The lowest BCUT2D eigenvalue weighted by atomic mass is 10.1. The van der Waals surface area contributed by atoms with E-state index in [-0.39, 0.29) is 18.4 Å². The Morgan fingerprint density at radius 2 is 1.63 bits per heavy atom. The molecule has 8 heteroatoms. The molecule has 2 aromatic carbocycles. The van der Waals surface area contributed by atoms with Crippen molar-refractivity contribution in [2.24, 2.45) is 5.73 Å². The number of hydrogen-bond acceptors (Lipinski definition) is 4. The van der Waals surface area contributed by atoms with Crippen LogP contribution in [0.2, 0.25) is 0 Å². The minimum atomic E-state index is -4.36. The average molecular weight is 395 g/mol. The largest absolute Gasteiger partial charge is 0.416 e. The van der Waals surface area contributed by atoms with Crippen LogP contribution >= 0.6 is 12.4 Å². The highest BCUT2D eigenvalue weighted by molar-refractivity contribution is 5.85. The number of nitrogens with one attached hydrogen (secondary N) is 1. The molecule has 0 saturated heterocycles. The van der Waals surface area contributed by atoms with Gasteiger partial charge in [0.2, 0.25) is 0 Å². The lowest BCUT2D eigenvalue weighted by Gasteiger charge is -2.14. The summed E-state index contributed by atoms with van der Waals surface area (Å²) < 4.78 is 38.0. The normalized spacial score (nSPS) is 12.1. The quantitative estimate of drug-likeness (QED) is 0.658. The molecule has 0 saturated carbocycles. The third kappa shape index (κ3) is 5.42. The number of nitrogens with two attached hydrogens (primary N) is 1. The van der Waals surface area contributed by atoms with Gasteiger partial charge in [0.1, 0.15) is 12.1 Å². The van der Waals surface area contributed by atoms with Crippen LogP contribution in [-0.4, -0.2) is 16.5 Å². The summed E-state index contributed by atoms with van der Waals surface area (Å²) in [6, 6.07) is 16.0. The highest BCUT2D eigenvalue weighted by Gasteiger charge is 2.30. The van der Waals surface area contributed by atoms with Crippen LogP contribution in [0.25, 0.3) is 11.3 Å². The summed E-state index contributed by atoms with van der Waals surface area (Å²) in [4.78, 5) is 8.25. The zero-order chi connectivity index (χ0) is 18.6. The van der Waals surface area contributed by atoms with Crippen LogP contribution in [0, 0.1) is 0 Å². The van der Waals surface area contributed by atoms with Gasteiger partial charge < -0.3 is 11.1 Å². The van der Waals surface area contributed by atoms with Crippen molar-refractivity contribution >= 4 is 18.2 Å². The first-order valence-electron chi connectivity index (χ1n) is 7.97. The second-order valence-electron chi connectivity index (χ2n) is 5.76. The van der Waals surface area contributed by atoms with Crippen LogP contribution in [0.5, 0.6) is 0 Å². The summed E-state index contributed by atoms with van der Waals surface area (Å²) >= 11 is 0. The number of nitrogens with zero attached hydrogens (tertiary/aromatic N) is 2. The van der Waals surface area contributed by atoms with Gasteiger partial charge in [-0.2, -0.15) is 13.2 Å². The van der Waals surface area contributed by atoms with E-state index in [0.29, 0.717) is 23.6 Å². The van der Waals surface area contributed by atoms with Gasteiger partial charge in [-0.05, 0) is 17.7 Å². The Bertz CT molecular complexity index is 855. The molecule has 3 rings (SSSR count). The number of benzene rings is 2. The monoisotopic (exact) mass is 394 g/mol. The van der Waals surface area contributed by atoms with Crippen LogP contribution in [0.15, 0.2) is 67.0 Å². The van der Waals surface area contributed by atoms with Crippen molar-refractivity contribution in [1.82, 2.24) is 9.97 Å². The number of anilines is 1. The van der Waals surface area contributed by atoms with Crippen LogP contribution in [0.4, 0.5) is 19.0 Å². The highest BCUT2D eigenvalue weighted by atomic mass is 35.5. The van der Waals surface area contributed by atoms with Crippen molar-refractivity contribution in [3.05, 3.63) is 78.1 Å². The third-order valence-corrected chi connectivity index (χ3v) is 3.91. The number of rotatable bonds is 5. The second kappa shape index (κ2) is 8.83. The number of alkyl halides is 3. The van der Waals surface area contributed by atoms with Gasteiger partial charge in [-0.3, -0.25) is 0 Å². The van der Waals surface area contributed by atoms with Crippen molar-refractivity contribution < 1.29 is 13.2 Å². The summed E-state index contributed by atoms with van der Waals surface area (Å²) in [5.41, 5.74) is 7.55. The Morgan fingerprint density at radius 3 is 2.26 bits per heavy atom. The standard InChI is InChI=1S/C19H17F3N4.ClH/c20-19(21,22)15-8-6-14(7-9-15)17-10-18(26-12-25-17)24-11-16(23)13-4-2-1-3-5-13;/h1-10,12,16H,11,23H2,(H,24,25,26);1H/t16-;/m0./s1. The van der Waals surface area contributed by atoms with Crippen LogP contribution in [0.3, 0.4) is 0 Å². The van der Waals surface area contributed by atoms with Crippen LogP contribution < -0.4 is 11.1 Å². The lowest BCUT2D eigenvalue weighted by molar-refractivity contribution is -0.137. The summed E-state index contributed by atoms with van der Waals surface area (Å²) in [5.74, 6) is 0.557. The molecule has 0 radical (unpaired) electrons. The molecule has 1 heterocycles. The smallest absolute Gasteiger partial charge is 0.368 e. The van der Waals surface area contributed by atoms with E-state index < -0.39 is 11.7 Å². The maximum absolute atomic E-state index is 12.7. The molecule has 27 heavy (non-hydrogen) atoms. The van der Waals surface area contributed by atoms with Crippen molar-refractivity contribution in [1.29, 1.82) is 0 Å². The first-order chi connectivity index (χ1) is 12.4. The van der Waals surface area contributed by atoms with Crippen molar-refractivity contribution in [2.75, 3.05) is 11.9 Å². The van der Waals surface area contributed by atoms with Gasteiger partial charge in [-0.15, -0.1) is 12.4 Å². The third-order valence-electron chi connectivity index (χ3n) is 3.91. The highest BCUT2D eigenvalue weighted by Crippen LogP contribution is 2.30. The van der Waals surface area contributed by atoms with Crippen molar-refractivity contribution in [3.63, 3.8) is 0 Å². The summed E-state index contributed by atoms with van der Waals surface area (Å²) in [6.07, 6.45) is -2.99. The SMILES string of the molecule is Cl.N[C@@H](CNc1cc(-c2ccc(C(F)(F)F)cc2)ncn1)c1ccccc1. The number of halogens is 4. The van der Waals surface area contributed by atoms with E-state index in [2.05, 4.69) is 15.3 Å². The molecule has 0 aliphatic heterocycles. The Labute approximate surface area is 161 Å². The molecular weight excluding hydrogens is 377 g/mol. The minimum absolute atomic E-state index is 0. The Hall–Kier alpha value is -2.64. The maximum atomic E-state index is 12.7. The first kappa shape index (κ1) is 20.7. The number of aromatic nitrogens is 2. The van der Waals surface area contributed by atoms with Crippen molar-refractivity contribution in [3.8, 4) is 11.3 Å². The molecule has 0 aliphatic carbocycles. The minimum Gasteiger partial charge on any atom is -0.368 e. The van der Waals surface area contributed by atoms with Crippen molar-refractivity contribution in [2.45, 2.75) is 12.2 Å². The molecule has 0 bridgehead atoms. The van der Waals surface area contributed by atoms with E-state index in [1.807, 2.05) is 30.3 Å². The molecule has 0 amide bonds. The Balaban J connectivity index is 0.00000261. The van der Waals surface area contributed by atoms with E-state index in [9.17, 15) is 13.2 Å². The summed E-state index contributed by atoms with van der Waals surface area (Å²) in [5, 5.41) is 3.13. The van der Waals surface area contributed by atoms with Gasteiger partial charge in [-0.25, -0.2) is 9.97 Å². The average Bonchev–Trinajstić information content (AvgIpc) is 2.66. The predicted octanol–water partition coefficient (Wildman–Crippen LogP) is 4.70. The van der Waals surface area contributed by atoms with Gasteiger partial charge in [-0.1, -0.05) is 42.5 Å².